The van der Waals surface area contributed by atoms with Crippen LogP contribution in [0.5, 0.6) is 0 Å². The van der Waals surface area contributed by atoms with Gasteiger partial charge in [0.2, 0.25) is 11.2 Å². The molecule has 0 aliphatic heterocycles. The summed E-state index contributed by atoms with van der Waals surface area (Å²) in [5, 5.41) is 6.58. The molecule has 3 aromatic heterocycles. The molecule has 0 saturated heterocycles. The third kappa shape index (κ3) is 2.17. The van der Waals surface area contributed by atoms with Crippen LogP contribution in [0.1, 0.15) is 19.3 Å². The number of carbonyl (C=O) groups is 1. The number of fused-ring (bicyclic) bond motifs is 1. The van der Waals surface area contributed by atoms with Gasteiger partial charge in [-0.3, -0.25) is 9.48 Å². The summed E-state index contributed by atoms with van der Waals surface area (Å²) in [5.41, 5.74) is 7.55. The van der Waals surface area contributed by atoms with E-state index in [1.807, 2.05) is 22.3 Å². The SMILES string of the molecule is NC(=O)CC1(n2cc(-c3nc(Cl)nc4ccsc34)cn2)CC1. The Balaban J connectivity index is 1.78. The fourth-order valence-corrected chi connectivity index (χ4v) is 3.71. The van der Waals surface area contributed by atoms with Crippen molar-refractivity contribution in [2.45, 2.75) is 24.8 Å². The molecule has 1 fully saturated rings. The second-order valence-electron chi connectivity index (χ2n) is 5.52. The van der Waals surface area contributed by atoms with Crippen molar-refractivity contribution in [1.82, 2.24) is 19.7 Å². The van der Waals surface area contributed by atoms with E-state index in [0.717, 1.165) is 34.3 Å². The van der Waals surface area contributed by atoms with Crippen molar-refractivity contribution in [1.29, 1.82) is 0 Å². The molecule has 1 aliphatic rings. The van der Waals surface area contributed by atoms with Crippen LogP contribution in [0.15, 0.2) is 23.8 Å². The predicted octanol–water partition coefficient (Wildman–Crippen LogP) is 2.57. The van der Waals surface area contributed by atoms with Gasteiger partial charge < -0.3 is 5.73 Å². The van der Waals surface area contributed by atoms with Gasteiger partial charge in [-0.05, 0) is 35.9 Å². The number of hydrogen-bond acceptors (Lipinski definition) is 5. The van der Waals surface area contributed by atoms with E-state index in [2.05, 4.69) is 15.1 Å². The van der Waals surface area contributed by atoms with E-state index in [0.29, 0.717) is 6.42 Å². The van der Waals surface area contributed by atoms with Gasteiger partial charge in [-0.25, -0.2) is 9.97 Å². The first-order valence-corrected chi connectivity index (χ1v) is 8.08. The Hall–Kier alpha value is -1.99. The van der Waals surface area contributed by atoms with Gasteiger partial charge in [0.15, 0.2) is 0 Å². The lowest BCUT2D eigenvalue weighted by molar-refractivity contribution is -0.119. The minimum Gasteiger partial charge on any atom is -0.370 e. The Labute approximate surface area is 134 Å². The van der Waals surface area contributed by atoms with Crippen LogP contribution in [0.3, 0.4) is 0 Å². The number of aromatic nitrogens is 4. The molecule has 22 heavy (non-hydrogen) atoms. The van der Waals surface area contributed by atoms with Gasteiger partial charge in [0.05, 0.1) is 34.1 Å². The first-order chi connectivity index (χ1) is 10.6. The summed E-state index contributed by atoms with van der Waals surface area (Å²) in [6, 6.07) is 1.91. The highest BCUT2D eigenvalue weighted by Crippen LogP contribution is 2.46. The summed E-state index contributed by atoms with van der Waals surface area (Å²) < 4.78 is 2.81. The van der Waals surface area contributed by atoms with Crippen LogP contribution < -0.4 is 5.73 Å². The van der Waals surface area contributed by atoms with Crippen molar-refractivity contribution in [2.24, 2.45) is 5.73 Å². The first kappa shape index (κ1) is 13.7. The Morgan fingerprint density at radius 2 is 2.27 bits per heavy atom. The Kier molecular flexibility index (Phi) is 2.95. The number of thiophene rings is 1. The second-order valence-corrected chi connectivity index (χ2v) is 6.77. The van der Waals surface area contributed by atoms with Crippen LogP contribution in [-0.4, -0.2) is 25.7 Å². The monoisotopic (exact) mass is 333 g/mol. The molecule has 8 heteroatoms. The Morgan fingerprint density at radius 1 is 1.45 bits per heavy atom. The van der Waals surface area contributed by atoms with E-state index in [9.17, 15) is 4.79 Å². The fraction of sp³-hybridized carbons (Fsp3) is 0.286. The van der Waals surface area contributed by atoms with Gasteiger partial charge in [-0.1, -0.05) is 0 Å². The molecule has 0 radical (unpaired) electrons. The van der Waals surface area contributed by atoms with Gasteiger partial charge >= 0.3 is 0 Å². The maximum absolute atomic E-state index is 11.2. The number of nitrogens with zero attached hydrogens (tertiary/aromatic N) is 4. The van der Waals surface area contributed by atoms with E-state index in [4.69, 9.17) is 17.3 Å². The minimum absolute atomic E-state index is 0.215. The van der Waals surface area contributed by atoms with Crippen LogP contribution in [0.4, 0.5) is 0 Å². The summed E-state index contributed by atoms with van der Waals surface area (Å²) in [5.74, 6) is -0.305. The molecule has 0 spiro atoms. The zero-order valence-corrected chi connectivity index (χ0v) is 13.1. The number of carbonyl (C=O) groups excluding carboxylic acids is 1. The Morgan fingerprint density at radius 3 is 3.00 bits per heavy atom. The average Bonchev–Trinajstić information content (AvgIpc) is 2.92. The van der Waals surface area contributed by atoms with Crippen molar-refractivity contribution < 1.29 is 4.79 Å². The van der Waals surface area contributed by atoms with Crippen molar-refractivity contribution in [3.05, 3.63) is 29.1 Å². The number of primary amides is 1. The summed E-state index contributed by atoms with van der Waals surface area (Å²) >= 11 is 7.57. The van der Waals surface area contributed by atoms with Crippen LogP contribution in [-0.2, 0) is 10.3 Å². The quantitative estimate of drug-likeness (QED) is 0.743. The van der Waals surface area contributed by atoms with E-state index < -0.39 is 0 Å². The molecule has 0 aromatic carbocycles. The third-order valence-corrected chi connectivity index (χ3v) is 5.03. The highest BCUT2D eigenvalue weighted by molar-refractivity contribution is 7.17. The van der Waals surface area contributed by atoms with Crippen LogP contribution in [0.2, 0.25) is 5.28 Å². The van der Waals surface area contributed by atoms with E-state index in [1.54, 1.807) is 17.5 Å². The van der Waals surface area contributed by atoms with Gasteiger partial charge in [0, 0.05) is 11.8 Å². The summed E-state index contributed by atoms with van der Waals surface area (Å²) in [6.07, 6.45) is 5.80. The largest absolute Gasteiger partial charge is 0.370 e. The van der Waals surface area contributed by atoms with Gasteiger partial charge in [-0.15, -0.1) is 11.3 Å². The summed E-state index contributed by atoms with van der Waals surface area (Å²) in [7, 11) is 0. The first-order valence-electron chi connectivity index (χ1n) is 6.82. The van der Waals surface area contributed by atoms with E-state index in [-0.39, 0.29) is 16.7 Å². The van der Waals surface area contributed by atoms with Gasteiger partial charge in [0.25, 0.3) is 0 Å². The maximum atomic E-state index is 11.2. The van der Waals surface area contributed by atoms with Crippen molar-refractivity contribution >= 4 is 39.1 Å². The average molecular weight is 334 g/mol. The number of halogens is 1. The lowest BCUT2D eigenvalue weighted by Gasteiger charge is -2.13. The molecule has 6 nitrogen and oxygen atoms in total. The summed E-state index contributed by atoms with van der Waals surface area (Å²) in [4.78, 5) is 19.8. The maximum Gasteiger partial charge on any atom is 0.223 e. The molecule has 0 atom stereocenters. The number of hydrogen-bond donors (Lipinski definition) is 1. The molecule has 3 aromatic rings. The van der Waals surface area contributed by atoms with Crippen LogP contribution >= 0.6 is 22.9 Å². The van der Waals surface area contributed by atoms with Gasteiger partial charge in [0.1, 0.15) is 0 Å². The third-order valence-electron chi connectivity index (χ3n) is 3.95. The highest BCUT2D eigenvalue weighted by atomic mass is 35.5. The fourth-order valence-electron chi connectivity index (χ4n) is 2.69. The highest BCUT2D eigenvalue weighted by Gasteiger charge is 2.46. The Bertz CT molecular complexity index is 882. The molecule has 112 valence electrons. The molecule has 0 bridgehead atoms. The standard InChI is InChI=1S/C14H12ClN5OS/c15-13-18-9-1-4-22-12(9)11(19-13)8-6-17-20(7-8)14(2-3-14)5-10(16)21/h1,4,6-7H,2-3,5H2,(H2,16,21). The second kappa shape index (κ2) is 4.76. The lowest BCUT2D eigenvalue weighted by Crippen LogP contribution is -2.25. The van der Waals surface area contributed by atoms with Crippen LogP contribution in [0, 0.1) is 0 Å². The molecule has 0 unspecified atom stereocenters. The molecule has 1 saturated carbocycles. The molecular weight excluding hydrogens is 322 g/mol. The zero-order valence-electron chi connectivity index (χ0n) is 11.5. The summed E-state index contributed by atoms with van der Waals surface area (Å²) in [6.45, 7) is 0. The molecule has 2 N–H and O–H groups in total. The van der Waals surface area contributed by atoms with Crippen molar-refractivity contribution in [3.63, 3.8) is 0 Å². The molecule has 3 heterocycles. The van der Waals surface area contributed by atoms with Crippen molar-refractivity contribution in [3.8, 4) is 11.3 Å². The van der Waals surface area contributed by atoms with E-state index >= 15 is 0 Å². The van der Waals surface area contributed by atoms with Gasteiger partial charge in [-0.2, -0.15) is 5.10 Å². The molecular formula is C14H12ClN5OS. The number of amides is 1. The topological polar surface area (TPSA) is 86.7 Å². The number of rotatable bonds is 4. The van der Waals surface area contributed by atoms with E-state index in [1.165, 1.54) is 0 Å². The van der Waals surface area contributed by atoms with Crippen molar-refractivity contribution in [2.75, 3.05) is 0 Å². The minimum atomic E-state index is -0.305. The number of nitrogens with two attached hydrogens (primary N) is 1. The molecule has 4 rings (SSSR count). The smallest absolute Gasteiger partial charge is 0.223 e. The normalized spacial score (nSPS) is 16.0. The zero-order chi connectivity index (χ0) is 15.3. The molecule has 1 aliphatic carbocycles. The predicted molar refractivity (Wildman–Crippen MR) is 84.7 cm³/mol. The molecule has 1 amide bonds. The van der Waals surface area contributed by atoms with Crippen LogP contribution in [0.25, 0.3) is 21.5 Å². The lowest BCUT2D eigenvalue weighted by atomic mass is 10.1.